The molecule has 0 saturated carbocycles. The Morgan fingerprint density at radius 1 is 0.923 bits per heavy atom. The zero-order chi connectivity index (χ0) is 27.6. The lowest BCUT2D eigenvalue weighted by atomic mass is 9.96. The highest BCUT2D eigenvalue weighted by atomic mass is 19.1. The molecule has 0 spiro atoms. The lowest BCUT2D eigenvalue weighted by molar-refractivity contribution is 0.282. The van der Waals surface area contributed by atoms with Crippen molar-refractivity contribution in [2.75, 3.05) is 13.2 Å². The number of nitriles is 1. The number of alkyl halides is 1. The number of aromatic nitrogens is 1. The summed E-state index contributed by atoms with van der Waals surface area (Å²) in [6.45, 7) is 0.0792. The molecule has 0 saturated heterocycles. The maximum absolute atomic E-state index is 14.4. The number of nitrogens with zero attached hydrogens (tertiary/aromatic N) is 2. The molecule has 1 aromatic heterocycles. The molecule has 200 valence electrons. The van der Waals surface area contributed by atoms with Crippen LogP contribution in [-0.4, -0.2) is 23.2 Å². The van der Waals surface area contributed by atoms with Gasteiger partial charge in [-0.2, -0.15) is 5.26 Å². The summed E-state index contributed by atoms with van der Waals surface area (Å²) >= 11 is 0. The topological polar surface area (TPSA) is 87.4 Å². The summed E-state index contributed by atoms with van der Waals surface area (Å²) in [5.41, 5.74) is 2.90. The smallest absolute Gasteiger partial charge is 0.131 e. The Labute approximate surface area is 224 Å². The van der Waals surface area contributed by atoms with Gasteiger partial charge in [0.2, 0.25) is 0 Å². The fraction of sp³-hybridized carbons (Fsp3) is 0.200. The summed E-state index contributed by atoms with van der Waals surface area (Å²) in [5.74, 6) is -0.297. The predicted octanol–water partition coefficient (Wildman–Crippen LogP) is 5.61. The minimum absolute atomic E-state index is 0.0142. The van der Waals surface area contributed by atoms with Crippen LogP contribution in [0.4, 0.5) is 13.2 Å². The molecule has 2 N–H and O–H groups in total. The first-order valence-corrected chi connectivity index (χ1v) is 12.2. The molecule has 6 nitrogen and oxygen atoms in total. The quantitative estimate of drug-likeness (QED) is 0.230. The van der Waals surface area contributed by atoms with Gasteiger partial charge >= 0.3 is 0 Å². The molecule has 39 heavy (non-hydrogen) atoms. The van der Waals surface area contributed by atoms with Crippen LogP contribution < -0.4 is 14.8 Å². The molecule has 0 unspecified atom stereocenters. The summed E-state index contributed by atoms with van der Waals surface area (Å²) in [6.07, 6.45) is 3.07. The van der Waals surface area contributed by atoms with Gasteiger partial charge in [0.25, 0.3) is 0 Å². The number of benzene rings is 3. The molecule has 0 aliphatic heterocycles. The van der Waals surface area contributed by atoms with Crippen LogP contribution in [0.1, 0.15) is 27.8 Å². The van der Waals surface area contributed by atoms with E-state index in [0.717, 1.165) is 23.8 Å². The van der Waals surface area contributed by atoms with Crippen LogP contribution in [0, 0.1) is 23.0 Å². The Kier molecular flexibility index (Phi) is 9.51. The lowest BCUT2D eigenvalue weighted by Crippen LogP contribution is -2.18. The molecular weight excluding hydrogens is 507 g/mol. The molecule has 0 radical (unpaired) electrons. The van der Waals surface area contributed by atoms with Crippen LogP contribution >= 0.6 is 0 Å². The zero-order valence-corrected chi connectivity index (χ0v) is 21.0. The highest BCUT2D eigenvalue weighted by Gasteiger charge is 2.15. The third-order valence-corrected chi connectivity index (χ3v) is 5.98. The van der Waals surface area contributed by atoms with Crippen LogP contribution in [-0.2, 0) is 26.4 Å². The second-order valence-corrected chi connectivity index (χ2v) is 8.64. The maximum Gasteiger partial charge on any atom is 0.131 e. The molecule has 4 aromatic rings. The number of ether oxygens (including phenoxy) is 2. The molecule has 0 fully saturated rings. The molecule has 4 rings (SSSR count). The van der Waals surface area contributed by atoms with Crippen molar-refractivity contribution in [2.24, 2.45) is 0 Å². The minimum Gasteiger partial charge on any atom is -0.489 e. The van der Waals surface area contributed by atoms with E-state index in [1.165, 1.54) is 6.20 Å². The average Bonchev–Trinajstić information content (AvgIpc) is 2.96. The van der Waals surface area contributed by atoms with Crippen molar-refractivity contribution in [3.05, 3.63) is 113 Å². The van der Waals surface area contributed by atoms with Gasteiger partial charge in [0, 0.05) is 48.2 Å². The molecule has 0 bridgehead atoms. The van der Waals surface area contributed by atoms with E-state index in [1.807, 2.05) is 12.1 Å². The maximum atomic E-state index is 14.4. The van der Waals surface area contributed by atoms with Gasteiger partial charge in [-0.05, 0) is 47.0 Å². The first kappa shape index (κ1) is 27.6. The summed E-state index contributed by atoms with van der Waals surface area (Å²) in [6, 6.07) is 16.9. The van der Waals surface area contributed by atoms with E-state index in [9.17, 15) is 13.2 Å². The Morgan fingerprint density at radius 3 is 2.59 bits per heavy atom. The number of rotatable bonds is 12. The molecule has 0 atom stereocenters. The van der Waals surface area contributed by atoms with Crippen molar-refractivity contribution >= 4 is 0 Å². The third-order valence-electron chi connectivity index (χ3n) is 5.98. The number of aliphatic hydroxyl groups is 1. The van der Waals surface area contributed by atoms with Crippen molar-refractivity contribution in [2.45, 2.75) is 26.4 Å². The fourth-order valence-electron chi connectivity index (χ4n) is 4.04. The van der Waals surface area contributed by atoms with Gasteiger partial charge in [0.15, 0.2) is 0 Å². The summed E-state index contributed by atoms with van der Waals surface area (Å²) in [7, 11) is 0. The molecule has 1 heterocycles. The largest absolute Gasteiger partial charge is 0.489 e. The molecule has 9 heteroatoms. The predicted molar refractivity (Wildman–Crippen MR) is 139 cm³/mol. The molecular formula is C30H26F3N3O3. The van der Waals surface area contributed by atoms with Gasteiger partial charge in [-0.1, -0.05) is 24.3 Å². The van der Waals surface area contributed by atoms with Crippen molar-refractivity contribution in [3.63, 3.8) is 0 Å². The number of hydrogen-bond donors (Lipinski definition) is 2. The molecule has 3 aromatic carbocycles. The summed E-state index contributed by atoms with van der Waals surface area (Å²) in [4.78, 5) is 4.04. The Bertz CT molecular complexity index is 1470. The lowest BCUT2D eigenvalue weighted by Gasteiger charge is -2.16. The number of hydrogen-bond acceptors (Lipinski definition) is 6. The highest BCUT2D eigenvalue weighted by molar-refractivity contribution is 5.69. The number of pyridine rings is 1. The normalized spacial score (nSPS) is 10.7. The van der Waals surface area contributed by atoms with E-state index in [4.69, 9.17) is 19.8 Å². The second kappa shape index (κ2) is 13.4. The van der Waals surface area contributed by atoms with Gasteiger partial charge < -0.3 is 19.9 Å². The monoisotopic (exact) mass is 533 g/mol. The standard InChI is InChI=1S/C30H26F3N3O3/c31-13-28-23(2-1-3-26(28)27-11-24(32)5-7-29(27)33)19-38-25-6-4-22(17-35-8-9-37)30(12-25)39-18-21-10-20(14-34)15-36-16-21/h1-7,10-12,15-16,35,37H,8-9,13,17-19H2. The van der Waals surface area contributed by atoms with Gasteiger partial charge in [0.1, 0.15) is 49.1 Å². The third kappa shape index (κ3) is 7.13. The summed E-state index contributed by atoms with van der Waals surface area (Å²) in [5, 5.41) is 21.3. The van der Waals surface area contributed by atoms with Crippen molar-refractivity contribution in [1.82, 2.24) is 10.3 Å². The van der Waals surface area contributed by atoms with Crippen LogP contribution in [0.2, 0.25) is 0 Å². The van der Waals surface area contributed by atoms with Crippen LogP contribution in [0.3, 0.4) is 0 Å². The van der Waals surface area contributed by atoms with Crippen molar-refractivity contribution in [3.8, 4) is 28.7 Å². The first-order valence-electron chi connectivity index (χ1n) is 12.2. The van der Waals surface area contributed by atoms with Crippen molar-refractivity contribution in [1.29, 1.82) is 5.26 Å². The molecule has 0 aliphatic carbocycles. The van der Waals surface area contributed by atoms with Crippen LogP contribution in [0.25, 0.3) is 11.1 Å². The van der Waals surface area contributed by atoms with Gasteiger partial charge in [-0.25, -0.2) is 13.2 Å². The van der Waals surface area contributed by atoms with Gasteiger partial charge in [-0.3, -0.25) is 4.98 Å². The molecule has 0 amide bonds. The Morgan fingerprint density at radius 2 is 1.79 bits per heavy atom. The number of nitrogens with one attached hydrogen (secondary N) is 1. The van der Waals surface area contributed by atoms with Gasteiger partial charge in [0.05, 0.1) is 12.2 Å². The van der Waals surface area contributed by atoms with Crippen LogP contribution in [0.15, 0.2) is 73.1 Å². The highest BCUT2D eigenvalue weighted by Crippen LogP contribution is 2.32. The van der Waals surface area contributed by atoms with Crippen molar-refractivity contribution < 1.29 is 27.8 Å². The summed E-state index contributed by atoms with van der Waals surface area (Å²) < 4.78 is 54.3. The van der Waals surface area contributed by atoms with Gasteiger partial charge in [-0.15, -0.1) is 0 Å². The van der Waals surface area contributed by atoms with E-state index in [2.05, 4.69) is 10.3 Å². The Hall–Kier alpha value is -4.39. The van der Waals surface area contributed by atoms with E-state index < -0.39 is 18.3 Å². The van der Waals surface area contributed by atoms with E-state index in [1.54, 1.807) is 42.6 Å². The Balaban J connectivity index is 1.55. The fourth-order valence-corrected chi connectivity index (χ4v) is 4.04. The average molecular weight is 534 g/mol. The van der Waals surface area contributed by atoms with E-state index in [-0.39, 0.29) is 36.5 Å². The minimum atomic E-state index is -0.884. The SMILES string of the molecule is N#Cc1cncc(COc2cc(OCc3cccc(-c4cc(F)ccc4F)c3CF)ccc2CNCCO)c1. The second-order valence-electron chi connectivity index (χ2n) is 8.64. The number of halogens is 3. The van der Waals surface area contributed by atoms with E-state index in [0.29, 0.717) is 41.3 Å². The first-order chi connectivity index (χ1) is 19.0. The molecule has 0 aliphatic rings. The number of aliphatic hydroxyl groups excluding tert-OH is 1. The van der Waals surface area contributed by atoms with E-state index >= 15 is 0 Å². The zero-order valence-electron chi connectivity index (χ0n) is 21.0. The van der Waals surface area contributed by atoms with Crippen LogP contribution in [0.5, 0.6) is 11.5 Å².